The summed E-state index contributed by atoms with van der Waals surface area (Å²) in [6, 6.07) is 1.61. The van der Waals surface area contributed by atoms with E-state index in [0.717, 1.165) is 12.8 Å². The standard InChI is InChI=1S/C14H19ClN2O3/c1-2-17-9-10(15)7-11(17)13(20)16-14(8-12(18)19)5-3-4-6-14/h7,9H,2-6,8H2,1H3,(H,16,20)(H,18,19). The van der Waals surface area contributed by atoms with E-state index in [9.17, 15) is 9.59 Å². The van der Waals surface area contributed by atoms with E-state index in [4.69, 9.17) is 16.7 Å². The zero-order valence-electron chi connectivity index (χ0n) is 11.5. The third-order valence-corrected chi connectivity index (χ3v) is 4.07. The number of hydrogen-bond donors (Lipinski definition) is 2. The predicted molar refractivity (Wildman–Crippen MR) is 76.0 cm³/mol. The van der Waals surface area contributed by atoms with E-state index in [1.165, 1.54) is 0 Å². The molecule has 1 fully saturated rings. The zero-order valence-corrected chi connectivity index (χ0v) is 12.2. The largest absolute Gasteiger partial charge is 0.481 e. The molecule has 1 aliphatic rings. The molecule has 1 amide bonds. The SMILES string of the molecule is CCn1cc(Cl)cc1C(=O)NC1(CC(=O)O)CCCC1. The Hall–Kier alpha value is -1.49. The fourth-order valence-electron chi connectivity index (χ4n) is 2.92. The number of carboxylic acid groups (broad SMARTS) is 1. The van der Waals surface area contributed by atoms with Gasteiger partial charge < -0.3 is 15.0 Å². The van der Waals surface area contributed by atoms with Crippen LogP contribution in [0.25, 0.3) is 0 Å². The number of rotatable bonds is 5. The van der Waals surface area contributed by atoms with Crippen molar-refractivity contribution in [3.8, 4) is 0 Å². The van der Waals surface area contributed by atoms with Gasteiger partial charge in [0.05, 0.1) is 17.0 Å². The molecule has 5 nitrogen and oxygen atoms in total. The molecule has 20 heavy (non-hydrogen) atoms. The first-order chi connectivity index (χ1) is 9.46. The van der Waals surface area contributed by atoms with Gasteiger partial charge in [0, 0.05) is 12.7 Å². The van der Waals surface area contributed by atoms with Gasteiger partial charge in [-0.05, 0) is 25.8 Å². The summed E-state index contributed by atoms with van der Waals surface area (Å²) in [4.78, 5) is 23.4. The Balaban J connectivity index is 2.18. The molecule has 0 bridgehead atoms. The molecule has 0 spiro atoms. The highest BCUT2D eigenvalue weighted by atomic mass is 35.5. The van der Waals surface area contributed by atoms with Crippen molar-refractivity contribution in [3.05, 3.63) is 23.0 Å². The summed E-state index contributed by atoms with van der Waals surface area (Å²) in [5, 5.41) is 12.5. The average molecular weight is 299 g/mol. The van der Waals surface area contributed by atoms with Gasteiger partial charge in [-0.15, -0.1) is 0 Å². The molecule has 0 saturated heterocycles. The first-order valence-electron chi connectivity index (χ1n) is 6.86. The Morgan fingerprint density at radius 2 is 2.10 bits per heavy atom. The summed E-state index contributed by atoms with van der Waals surface area (Å²) in [5.41, 5.74) is -0.132. The van der Waals surface area contributed by atoms with E-state index < -0.39 is 11.5 Å². The van der Waals surface area contributed by atoms with Gasteiger partial charge >= 0.3 is 5.97 Å². The van der Waals surface area contributed by atoms with Crippen LogP contribution >= 0.6 is 11.6 Å². The molecule has 0 unspecified atom stereocenters. The average Bonchev–Trinajstić information content (AvgIpc) is 2.95. The van der Waals surface area contributed by atoms with E-state index in [1.807, 2.05) is 6.92 Å². The van der Waals surface area contributed by atoms with E-state index in [0.29, 0.717) is 30.1 Å². The molecule has 110 valence electrons. The van der Waals surface area contributed by atoms with Crippen LogP contribution in [0.5, 0.6) is 0 Å². The summed E-state index contributed by atoms with van der Waals surface area (Å²) in [6.07, 6.45) is 5.00. The third kappa shape index (κ3) is 3.15. The van der Waals surface area contributed by atoms with Crippen LogP contribution in [0.1, 0.15) is 49.5 Å². The van der Waals surface area contributed by atoms with Crippen LogP contribution in [-0.2, 0) is 11.3 Å². The van der Waals surface area contributed by atoms with Crippen LogP contribution in [0.15, 0.2) is 12.3 Å². The fourth-order valence-corrected chi connectivity index (χ4v) is 3.14. The lowest BCUT2D eigenvalue weighted by atomic mass is 9.93. The van der Waals surface area contributed by atoms with Crippen LogP contribution in [0, 0.1) is 0 Å². The lowest BCUT2D eigenvalue weighted by Gasteiger charge is -2.28. The number of amides is 1. The van der Waals surface area contributed by atoms with Crippen molar-refractivity contribution in [1.29, 1.82) is 0 Å². The molecule has 1 aliphatic carbocycles. The molecule has 1 aromatic heterocycles. The predicted octanol–water partition coefficient (Wildman–Crippen LogP) is 2.68. The first-order valence-corrected chi connectivity index (χ1v) is 7.23. The second-order valence-electron chi connectivity index (χ2n) is 5.34. The van der Waals surface area contributed by atoms with Crippen molar-refractivity contribution in [2.24, 2.45) is 0 Å². The lowest BCUT2D eigenvalue weighted by molar-refractivity contribution is -0.138. The molecule has 2 rings (SSSR count). The fraction of sp³-hybridized carbons (Fsp3) is 0.571. The highest BCUT2D eigenvalue weighted by Gasteiger charge is 2.38. The highest BCUT2D eigenvalue weighted by Crippen LogP contribution is 2.33. The van der Waals surface area contributed by atoms with Gasteiger partial charge in [0.15, 0.2) is 0 Å². The number of aryl methyl sites for hydroxylation is 1. The van der Waals surface area contributed by atoms with Crippen LogP contribution in [0.4, 0.5) is 0 Å². The Morgan fingerprint density at radius 1 is 1.45 bits per heavy atom. The number of halogens is 1. The van der Waals surface area contributed by atoms with Crippen molar-refractivity contribution in [1.82, 2.24) is 9.88 Å². The number of hydrogen-bond acceptors (Lipinski definition) is 2. The highest BCUT2D eigenvalue weighted by molar-refractivity contribution is 6.31. The minimum Gasteiger partial charge on any atom is -0.481 e. The minimum absolute atomic E-state index is 0.0285. The van der Waals surface area contributed by atoms with Crippen molar-refractivity contribution in [2.75, 3.05) is 0 Å². The number of aromatic nitrogens is 1. The van der Waals surface area contributed by atoms with E-state index in [-0.39, 0.29) is 12.3 Å². The van der Waals surface area contributed by atoms with E-state index in [2.05, 4.69) is 5.32 Å². The third-order valence-electron chi connectivity index (χ3n) is 3.87. The summed E-state index contributed by atoms with van der Waals surface area (Å²) in [7, 11) is 0. The van der Waals surface area contributed by atoms with Gasteiger partial charge in [-0.2, -0.15) is 0 Å². The number of carbonyl (C=O) groups is 2. The number of aliphatic carboxylic acids is 1. The van der Waals surface area contributed by atoms with E-state index >= 15 is 0 Å². The molecule has 0 aromatic carbocycles. The quantitative estimate of drug-likeness (QED) is 0.878. The number of nitrogens with zero attached hydrogens (tertiary/aromatic N) is 1. The second kappa shape index (κ2) is 5.87. The van der Waals surface area contributed by atoms with Gasteiger partial charge in [-0.25, -0.2) is 0 Å². The monoisotopic (exact) mass is 298 g/mol. The summed E-state index contributed by atoms with van der Waals surface area (Å²) < 4.78 is 1.76. The summed E-state index contributed by atoms with van der Waals surface area (Å²) in [5.74, 6) is -1.13. The number of carboxylic acids is 1. The molecule has 0 radical (unpaired) electrons. The molecule has 1 saturated carbocycles. The number of nitrogens with one attached hydrogen (secondary N) is 1. The van der Waals surface area contributed by atoms with Crippen LogP contribution < -0.4 is 5.32 Å². The van der Waals surface area contributed by atoms with E-state index in [1.54, 1.807) is 16.8 Å². The minimum atomic E-state index is -0.879. The molecule has 0 atom stereocenters. The van der Waals surface area contributed by atoms with Crippen molar-refractivity contribution < 1.29 is 14.7 Å². The Kier molecular flexibility index (Phi) is 4.38. The topological polar surface area (TPSA) is 71.3 Å². The molecule has 2 N–H and O–H groups in total. The van der Waals surface area contributed by atoms with Gasteiger partial charge in [0.1, 0.15) is 5.69 Å². The molecular weight excluding hydrogens is 280 g/mol. The summed E-state index contributed by atoms with van der Waals surface area (Å²) in [6.45, 7) is 2.57. The normalized spacial score (nSPS) is 17.1. The maximum atomic E-state index is 12.4. The second-order valence-corrected chi connectivity index (χ2v) is 5.78. The molecule has 6 heteroatoms. The van der Waals surface area contributed by atoms with Crippen LogP contribution in [0.2, 0.25) is 5.02 Å². The Labute approximate surface area is 122 Å². The van der Waals surface area contributed by atoms with Crippen molar-refractivity contribution in [2.45, 2.75) is 51.1 Å². The van der Waals surface area contributed by atoms with Gasteiger partial charge in [0.2, 0.25) is 0 Å². The maximum absolute atomic E-state index is 12.4. The van der Waals surface area contributed by atoms with Gasteiger partial charge in [0.25, 0.3) is 5.91 Å². The van der Waals surface area contributed by atoms with Crippen LogP contribution in [-0.4, -0.2) is 27.1 Å². The van der Waals surface area contributed by atoms with Crippen molar-refractivity contribution >= 4 is 23.5 Å². The maximum Gasteiger partial charge on any atom is 0.305 e. The van der Waals surface area contributed by atoms with Crippen LogP contribution in [0.3, 0.4) is 0 Å². The smallest absolute Gasteiger partial charge is 0.305 e. The number of carbonyl (C=O) groups excluding carboxylic acids is 1. The molecular formula is C14H19ClN2O3. The Bertz CT molecular complexity index is 518. The lowest BCUT2D eigenvalue weighted by Crippen LogP contribution is -2.48. The Morgan fingerprint density at radius 3 is 2.65 bits per heavy atom. The molecule has 1 heterocycles. The zero-order chi connectivity index (χ0) is 14.8. The van der Waals surface area contributed by atoms with Gasteiger partial charge in [-0.3, -0.25) is 9.59 Å². The first kappa shape index (κ1) is 14.9. The van der Waals surface area contributed by atoms with Gasteiger partial charge in [-0.1, -0.05) is 24.4 Å². The summed E-state index contributed by atoms with van der Waals surface area (Å²) >= 11 is 5.93. The van der Waals surface area contributed by atoms with Crippen molar-refractivity contribution in [3.63, 3.8) is 0 Å². The molecule has 1 aromatic rings. The molecule has 0 aliphatic heterocycles.